The molecule has 3 aliphatic rings. The lowest BCUT2D eigenvalue weighted by molar-refractivity contribution is -0.143. The third-order valence-corrected chi connectivity index (χ3v) is 11.2. The molecule has 284 valence electrons. The minimum absolute atomic E-state index is 0.0109. The van der Waals surface area contributed by atoms with Gasteiger partial charge in [0.05, 0.1) is 23.0 Å². The van der Waals surface area contributed by atoms with Crippen LogP contribution in [0.4, 0.5) is 0 Å². The average Bonchev–Trinajstić information content (AvgIpc) is 3.96. The second-order valence-electron chi connectivity index (χ2n) is 14.9. The number of hydrogen-bond acceptors (Lipinski definition) is 6. The summed E-state index contributed by atoms with van der Waals surface area (Å²) in [6.07, 6.45) is 6.21. The van der Waals surface area contributed by atoms with E-state index in [1.54, 1.807) is 16.7 Å². The van der Waals surface area contributed by atoms with E-state index < -0.39 is 6.04 Å². The molecule has 12 nitrogen and oxygen atoms in total. The van der Waals surface area contributed by atoms with Crippen LogP contribution in [0.3, 0.4) is 0 Å². The maximum atomic E-state index is 14.0. The fourth-order valence-corrected chi connectivity index (χ4v) is 8.26. The largest absolute Gasteiger partial charge is 0.343 e. The Morgan fingerprint density at radius 1 is 0.925 bits per heavy atom. The highest BCUT2D eigenvalue weighted by atomic mass is 16.2. The molecule has 4 heterocycles. The number of imidazole rings is 1. The second-order valence-corrected chi connectivity index (χ2v) is 14.9. The van der Waals surface area contributed by atoms with Gasteiger partial charge in [0.15, 0.2) is 0 Å². The quantitative estimate of drug-likeness (QED) is 0.237. The Morgan fingerprint density at radius 3 is 2.42 bits per heavy atom. The predicted molar refractivity (Wildman–Crippen MR) is 203 cm³/mol. The number of carbonyl (C=O) groups is 5. The van der Waals surface area contributed by atoms with Crippen molar-refractivity contribution in [3.8, 4) is 11.1 Å². The summed E-state index contributed by atoms with van der Waals surface area (Å²) in [5.74, 6) is 0.0926. The van der Waals surface area contributed by atoms with Crippen LogP contribution in [0.2, 0.25) is 0 Å². The molecule has 2 aromatic carbocycles. The molecule has 0 radical (unpaired) electrons. The van der Waals surface area contributed by atoms with Crippen LogP contribution in [-0.2, 0) is 24.0 Å². The number of para-hydroxylation sites is 1. The number of likely N-dealkylation sites (N-methyl/N-ethyl adjacent to an activating group) is 1. The standard InChI is InChI=1S/C41H55N7O5/c1-4-35(49)42-33(41(53)46-23-11-12-24-46)27-45(5-2)36(50)18-9-10-19-37(51)47-25-22-30-20-21-34(48(30)40(52)28(3)26-47)39-43-32-17-13-16-31(38(32)44-39)29-14-7-6-8-15-29/h6-8,13-17,28,30,33-34H,4-5,9-12,18-27H2,1-3H3,(H,42,49)(H,43,44)/t28?,30-,33+,34?/m1/s1. The molecule has 0 saturated carbocycles. The number of amides is 5. The molecule has 3 aromatic rings. The first-order valence-electron chi connectivity index (χ1n) is 19.7. The first-order valence-corrected chi connectivity index (χ1v) is 19.7. The fraction of sp³-hybridized carbons (Fsp3) is 0.561. The van der Waals surface area contributed by atoms with Crippen LogP contribution >= 0.6 is 0 Å². The zero-order valence-corrected chi connectivity index (χ0v) is 31.5. The van der Waals surface area contributed by atoms with Gasteiger partial charge in [-0.05, 0) is 63.5 Å². The van der Waals surface area contributed by atoms with Crippen LogP contribution in [0.25, 0.3) is 22.2 Å². The van der Waals surface area contributed by atoms with Gasteiger partial charge < -0.3 is 29.9 Å². The van der Waals surface area contributed by atoms with Crippen molar-refractivity contribution in [3.63, 3.8) is 0 Å². The third-order valence-electron chi connectivity index (χ3n) is 11.2. The minimum Gasteiger partial charge on any atom is -0.343 e. The summed E-state index contributed by atoms with van der Waals surface area (Å²) in [5, 5.41) is 2.83. The summed E-state index contributed by atoms with van der Waals surface area (Å²) < 4.78 is 0. The summed E-state index contributed by atoms with van der Waals surface area (Å²) in [6, 6.07) is 15.5. The molecular weight excluding hydrogens is 670 g/mol. The number of H-pyrrole nitrogens is 1. The van der Waals surface area contributed by atoms with Gasteiger partial charge in [-0.25, -0.2) is 4.98 Å². The molecule has 53 heavy (non-hydrogen) atoms. The van der Waals surface area contributed by atoms with Crippen LogP contribution < -0.4 is 5.32 Å². The number of fused-ring (bicyclic) bond motifs is 2. The average molecular weight is 726 g/mol. The summed E-state index contributed by atoms with van der Waals surface area (Å²) in [4.78, 5) is 81.9. The number of unbranched alkanes of at least 4 members (excludes halogenated alkanes) is 1. The lowest BCUT2D eigenvalue weighted by Gasteiger charge is -2.37. The molecule has 0 spiro atoms. The molecule has 3 saturated heterocycles. The first-order chi connectivity index (χ1) is 25.7. The van der Waals surface area contributed by atoms with Crippen molar-refractivity contribution in [2.45, 2.75) is 103 Å². The molecule has 4 atom stereocenters. The summed E-state index contributed by atoms with van der Waals surface area (Å²) in [7, 11) is 0. The Kier molecular flexibility index (Phi) is 12.5. The van der Waals surface area contributed by atoms with E-state index in [2.05, 4.69) is 28.5 Å². The van der Waals surface area contributed by atoms with Crippen molar-refractivity contribution in [2.24, 2.45) is 5.92 Å². The summed E-state index contributed by atoms with van der Waals surface area (Å²) >= 11 is 0. The highest BCUT2D eigenvalue weighted by molar-refractivity contribution is 5.92. The minimum atomic E-state index is -0.764. The maximum Gasteiger partial charge on any atom is 0.246 e. The van der Waals surface area contributed by atoms with Crippen molar-refractivity contribution < 1.29 is 24.0 Å². The molecule has 5 amide bonds. The van der Waals surface area contributed by atoms with Gasteiger partial charge in [-0.1, -0.05) is 56.3 Å². The van der Waals surface area contributed by atoms with Crippen molar-refractivity contribution >= 4 is 40.6 Å². The highest BCUT2D eigenvalue weighted by Gasteiger charge is 2.43. The van der Waals surface area contributed by atoms with Crippen LogP contribution in [0.15, 0.2) is 48.5 Å². The van der Waals surface area contributed by atoms with Crippen LogP contribution in [0.1, 0.15) is 96.8 Å². The van der Waals surface area contributed by atoms with Crippen molar-refractivity contribution in [1.29, 1.82) is 0 Å². The Balaban J connectivity index is 1.01. The second kappa shape index (κ2) is 17.4. The van der Waals surface area contributed by atoms with E-state index >= 15 is 0 Å². The van der Waals surface area contributed by atoms with Crippen molar-refractivity contribution in [1.82, 2.24) is 34.9 Å². The molecular formula is C41H55N7O5. The van der Waals surface area contributed by atoms with Gasteiger partial charge >= 0.3 is 0 Å². The first kappa shape index (κ1) is 38.0. The lowest BCUT2D eigenvalue weighted by atomic mass is 10.0. The number of likely N-dealkylation sites (tertiary alicyclic amines) is 1. The third kappa shape index (κ3) is 8.74. The van der Waals surface area contributed by atoms with E-state index in [1.165, 1.54) is 0 Å². The SMILES string of the molecule is CCC(=O)N[C@@H](CN(CC)C(=O)CCCCC(=O)N1CC[C@H]2CCC(c3nc4cccc(-c5ccccc5)c4[nH]3)N2C(=O)C(C)C1)C(=O)N1CCCC1. The highest BCUT2D eigenvalue weighted by Crippen LogP contribution is 2.40. The Morgan fingerprint density at radius 2 is 1.68 bits per heavy atom. The van der Waals surface area contributed by atoms with Crippen molar-refractivity contribution in [3.05, 3.63) is 54.4 Å². The Bertz CT molecular complexity index is 1770. The molecule has 2 unspecified atom stereocenters. The molecule has 6 rings (SSSR count). The summed E-state index contributed by atoms with van der Waals surface area (Å²) in [6.45, 7) is 8.39. The molecule has 0 bridgehead atoms. The van der Waals surface area contributed by atoms with E-state index in [0.29, 0.717) is 58.4 Å². The number of hydrogen-bond donors (Lipinski definition) is 2. The van der Waals surface area contributed by atoms with E-state index in [0.717, 1.165) is 53.7 Å². The monoisotopic (exact) mass is 725 g/mol. The number of rotatable bonds is 13. The summed E-state index contributed by atoms with van der Waals surface area (Å²) in [5.41, 5.74) is 4.06. The molecule has 3 fully saturated rings. The molecule has 2 N–H and O–H groups in total. The zero-order valence-electron chi connectivity index (χ0n) is 31.5. The Hall–Kier alpha value is -4.74. The van der Waals surface area contributed by atoms with E-state index in [4.69, 9.17) is 4.98 Å². The van der Waals surface area contributed by atoms with Gasteiger partial charge in [0.1, 0.15) is 11.9 Å². The number of aromatic nitrogens is 2. The fourth-order valence-electron chi connectivity index (χ4n) is 8.26. The van der Waals surface area contributed by atoms with E-state index in [9.17, 15) is 24.0 Å². The predicted octanol–water partition coefficient (Wildman–Crippen LogP) is 5.06. The number of nitrogens with one attached hydrogen (secondary N) is 2. The normalized spacial score (nSPS) is 20.9. The lowest BCUT2D eigenvalue weighted by Crippen LogP contribution is -2.54. The van der Waals surface area contributed by atoms with Crippen LogP contribution in [0, 0.1) is 5.92 Å². The van der Waals surface area contributed by atoms with Crippen molar-refractivity contribution in [2.75, 3.05) is 39.3 Å². The van der Waals surface area contributed by atoms with Gasteiger partial charge in [-0.3, -0.25) is 24.0 Å². The van der Waals surface area contributed by atoms with Crippen LogP contribution in [-0.4, -0.2) is 110 Å². The smallest absolute Gasteiger partial charge is 0.246 e. The number of benzene rings is 2. The topological polar surface area (TPSA) is 139 Å². The number of nitrogens with zero attached hydrogens (tertiary/aromatic N) is 5. The number of aromatic amines is 1. The molecule has 12 heteroatoms. The van der Waals surface area contributed by atoms with E-state index in [-0.39, 0.29) is 66.9 Å². The molecule has 3 aliphatic heterocycles. The van der Waals surface area contributed by atoms with Gasteiger partial charge in [-0.15, -0.1) is 0 Å². The van der Waals surface area contributed by atoms with Gasteiger partial charge in [0, 0.05) is 70.1 Å². The Labute approximate surface area is 312 Å². The van der Waals surface area contributed by atoms with E-state index in [1.807, 2.05) is 54.0 Å². The van der Waals surface area contributed by atoms with Gasteiger partial charge in [-0.2, -0.15) is 0 Å². The number of carbonyl (C=O) groups excluding carboxylic acids is 5. The van der Waals surface area contributed by atoms with Crippen LogP contribution in [0.5, 0.6) is 0 Å². The zero-order chi connectivity index (χ0) is 37.5. The van der Waals surface area contributed by atoms with Gasteiger partial charge in [0.2, 0.25) is 29.5 Å². The molecule has 0 aliphatic carbocycles. The maximum absolute atomic E-state index is 14.0. The van der Waals surface area contributed by atoms with Gasteiger partial charge in [0.25, 0.3) is 0 Å². The molecule has 1 aromatic heterocycles.